The van der Waals surface area contributed by atoms with Crippen LogP contribution in [0, 0.1) is 5.41 Å². The van der Waals surface area contributed by atoms with Gasteiger partial charge in [-0.25, -0.2) is 0 Å². The lowest BCUT2D eigenvalue weighted by Gasteiger charge is -2.28. The van der Waals surface area contributed by atoms with Crippen molar-refractivity contribution in [3.63, 3.8) is 0 Å². The van der Waals surface area contributed by atoms with Crippen molar-refractivity contribution < 1.29 is 14.7 Å². The first kappa shape index (κ1) is 18.0. The standard InChI is InChI=1S/C16H30N2O3/c1-13(2)17-11-7-8-14(19)18-12-16(15(20)21)9-5-3-4-6-10-16/h13,17H,3-12H2,1-2H3,(H,18,19)(H,20,21). The molecule has 0 aromatic heterocycles. The number of aliphatic carboxylic acids is 1. The molecule has 1 saturated carbocycles. The van der Waals surface area contributed by atoms with E-state index >= 15 is 0 Å². The highest BCUT2D eigenvalue weighted by atomic mass is 16.4. The second kappa shape index (κ2) is 9.03. The molecular weight excluding hydrogens is 268 g/mol. The van der Waals surface area contributed by atoms with Gasteiger partial charge in [-0.1, -0.05) is 39.5 Å². The Morgan fingerprint density at radius 1 is 1.14 bits per heavy atom. The minimum Gasteiger partial charge on any atom is -0.481 e. The first-order valence-electron chi connectivity index (χ1n) is 8.20. The SMILES string of the molecule is CC(C)NCCCC(=O)NCC1(C(=O)O)CCCCCC1. The average Bonchev–Trinajstić information content (AvgIpc) is 2.67. The minimum absolute atomic E-state index is 0.0366. The van der Waals surface area contributed by atoms with E-state index in [1.165, 1.54) is 0 Å². The molecule has 3 N–H and O–H groups in total. The first-order chi connectivity index (χ1) is 9.96. The normalized spacial score (nSPS) is 18.2. The summed E-state index contributed by atoms with van der Waals surface area (Å²) >= 11 is 0. The quantitative estimate of drug-likeness (QED) is 0.474. The van der Waals surface area contributed by atoms with Gasteiger partial charge in [-0.2, -0.15) is 0 Å². The fourth-order valence-corrected chi connectivity index (χ4v) is 2.87. The summed E-state index contributed by atoms with van der Waals surface area (Å²) in [6.07, 6.45) is 6.68. The van der Waals surface area contributed by atoms with Crippen LogP contribution >= 0.6 is 0 Å². The van der Waals surface area contributed by atoms with Gasteiger partial charge >= 0.3 is 5.97 Å². The zero-order chi connectivity index (χ0) is 15.7. The summed E-state index contributed by atoms with van der Waals surface area (Å²) in [7, 11) is 0. The Kier molecular flexibility index (Phi) is 7.72. The number of hydrogen-bond donors (Lipinski definition) is 3. The van der Waals surface area contributed by atoms with Crippen LogP contribution in [0.3, 0.4) is 0 Å². The van der Waals surface area contributed by atoms with Gasteiger partial charge < -0.3 is 15.7 Å². The highest BCUT2D eigenvalue weighted by molar-refractivity contribution is 5.79. The van der Waals surface area contributed by atoms with Gasteiger partial charge in [0.15, 0.2) is 0 Å². The van der Waals surface area contributed by atoms with Gasteiger partial charge in [0, 0.05) is 19.0 Å². The third-order valence-corrected chi connectivity index (χ3v) is 4.27. The molecule has 1 rings (SSSR count). The average molecular weight is 298 g/mol. The molecule has 0 aliphatic heterocycles. The zero-order valence-electron chi connectivity index (χ0n) is 13.4. The van der Waals surface area contributed by atoms with Gasteiger partial charge in [-0.15, -0.1) is 0 Å². The summed E-state index contributed by atoms with van der Waals surface area (Å²) in [5.74, 6) is -0.795. The van der Waals surface area contributed by atoms with E-state index in [0.29, 0.717) is 25.3 Å². The van der Waals surface area contributed by atoms with Crippen LogP contribution in [0.25, 0.3) is 0 Å². The topological polar surface area (TPSA) is 78.4 Å². The van der Waals surface area contributed by atoms with Crippen LogP contribution in [0.1, 0.15) is 65.2 Å². The molecule has 1 aliphatic rings. The highest BCUT2D eigenvalue weighted by Gasteiger charge is 2.38. The second-order valence-corrected chi connectivity index (χ2v) is 6.49. The van der Waals surface area contributed by atoms with Crippen LogP contribution in [0.4, 0.5) is 0 Å². The molecule has 1 amide bonds. The lowest BCUT2D eigenvalue weighted by molar-refractivity contribution is -0.149. The Hall–Kier alpha value is -1.10. The predicted octanol–water partition coefficient (Wildman–Crippen LogP) is 2.31. The molecule has 122 valence electrons. The van der Waals surface area contributed by atoms with Gasteiger partial charge in [-0.3, -0.25) is 9.59 Å². The maximum atomic E-state index is 11.8. The van der Waals surface area contributed by atoms with E-state index in [0.717, 1.165) is 38.6 Å². The predicted molar refractivity (Wildman–Crippen MR) is 83.2 cm³/mol. The molecule has 0 aromatic rings. The van der Waals surface area contributed by atoms with E-state index in [1.807, 2.05) is 0 Å². The van der Waals surface area contributed by atoms with Crippen molar-refractivity contribution in [2.75, 3.05) is 13.1 Å². The largest absolute Gasteiger partial charge is 0.481 e. The number of carbonyl (C=O) groups excluding carboxylic acids is 1. The maximum absolute atomic E-state index is 11.8. The van der Waals surface area contributed by atoms with Crippen molar-refractivity contribution in [3.8, 4) is 0 Å². The lowest BCUT2D eigenvalue weighted by atomic mass is 9.80. The van der Waals surface area contributed by atoms with Crippen LogP contribution in [-0.2, 0) is 9.59 Å². The molecule has 0 heterocycles. The molecule has 1 aliphatic carbocycles. The molecule has 5 nitrogen and oxygen atoms in total. The van der Waals surface area contributed by atoms with E-state index in [4.69, 9.17) is 0 Å². The van der Waals surface area contributed by atoms with Gasteiger partial charge in [-0.05, 0) is 25.8 Å². The molecule has 0 saturated heterocycles. The summed E-state index contributed by atoms with van der Waals surface area (Å²) in [6, 6.07) is 0.425. The van der Waals surface area contributed by atoms with Crippen LogP contribution in [0.5, 0.6) is 0 Å². The summed E-state index contributed by atoms with van der Waals surface area (Å²) in [4.78, 5) is 23.5. The fraction of sp³-hybridized carbons (Fsp3) is 0.875. The fourth-order valence-electron chi connectivity index (χ4n) is 2.87. The summed E-state index contributed by atoms with van der Waals surface area (Å²) in [5.41, 5.74) is -0.748. The van der Waals surface area contributed by atoms with E-state index in [2.05, 4.69) is 24.5 Å². The van der Waals surface area contributed by atoms with Crippen molar-refractivity contribution in [1.82, 2.24) is 10.6 Å². The minimum atomic E-state index is -0.758. The van der Waals surface area contributed by atoms with Crippen LogP contribution in [0.2, 0.25) is 0 Å². The van der Waals surface area contributed by atoms with Gasteiger partial charge in [0.05, 0.1) is 5.41 Å². The molecule has 0 bridgehead atoms. The number of amides is 1. The Bertz CT molecular complexity index is 334. The molecule has 0 atom stereocenters. The van der Waals surface area contributed by atoms with Crippen molar-refractivity contribution in [3.05, 3.63) is 0 Å². The molecule has 5 heteroatoms. The Labute approximate surface area is 127 Å². The van der Waals surface area contributed by atoms with Gasteiger partial charge in [0.2, 0.25) is 5.91 Å². The Balaban J connectivity index is 2.35. The van der Waals surface area contributed by atoms with E-state index < -0.39 is 11.4 Å². The maximum Gasteiger partial charge on any atom is 0.311 e. The number of rotatable bonds is 8. The number of hydrogen-bond acceptors (Lipinski definition) is 3. The lowest BCUT2D eigenvalue weighted by Crippen LogP contribution is -2.43. The first-order valence-corrected chi connectivity index (χ1v) is 8.20. The Morgan fingerprint density at radius 2 is 1.76 bits per heavy atom. The van der Waals surface area contributed by atoms with Crippen molar-refractivity contribution in [2.24, 2.45) is 5.41 Å². The van der Waals surface area contributed by atoms with Gasteiger partial charge in [0.1, 0.15) is 0 Å². The van der Waals surface area contributed by atoms with Crippen molar-refractivity contribution >= 4 is 11.9 Å². The summed E-state index contributed by atoms with van der Waals surface area (Å²) in [6.45, 7) is 5.24. The number of nitrogens with one attached hydrogen (secondary N) is 2. The van der Waals surface area contributed by atoms with E-state index in [-0.39, 0.29) is 12.5 Å². The molecule has 0 radical (unpaired) electrons. The third kappa shape index (κ3) is 6.46. The zero-order valence-corrected chi connectivity index (χ0v) is 13.4. The smallest absolute Gasteiger partial charge is 0.311 e. The van der Waals surface area contributed by atoms with Crippen LogP contribution in [-0.4, -0.2) is 36.1 Å². The number of carboxylic acid groups (broad SMARTS) is 1. The second-order valence-electron chi connectivity index (χ2n) is 6.49. The van der Waals surface area contributed by atoms with Crippen LogP contribution < -0.4 is 10.6 Å². The molecule has 0 aromatic carbocycles. The summed E-state index contributed by atoms with van der Waals surface area (Å²) < 4.78 is 0. The monoisotopic (exact) mass is 298 g/mol. The van der Waals surface area contributed by atoms with Crippen molar-refractivity contribution in [1.29, 1.82) is 0 Å². The van der Waals surface area contributed by atoms with Crippen LogP contribution in [0.15, 0.2) is 0 Å². The van der Waals surface area contributed by atoms with E-state index in [1.54, 1.807) is 0 Å². The highest BCUT2D eigenvalue weighted by Crippen LogP contribution is 2.34. The molecule has 21 heavy (non-hydrogen) atoms. The van der Waals surface area contributed by atoms with Gasteiger partial charge in [0.25, 0.3) is 0 Å². The molecule has 0 unspecified atom stereocenters. The third-order valence-electron chi connectivity index (χ3n) is 4.27. The molecule has 1 fully saturated rings. The van der Waals surface area contributed by atoms with Crippen molar-refractivity contribution in [2.45, 2.75) is 71.3 Å². The molecule has 0 spiro atoms. The number of carboxylic acids is 1. The molecular formula is C16H30N2O3. The number of carbonyl (C=O) groups is 2. The Morgan fingerprint density at radius 3 is 2.29 bits per heavy atom. The summed E-state index contributed by atoms with van der Waals surface area (Å²) in [5, 5.41) is 15.6. The van der Waals surface area contributed by atoms with E-state index in [9.17, 15) is 14.7 Å².